The Morgan fingerprint density at radius 2 is 2.00 bits per heavy atom. The van der Waals surface area contributed by atoms with Gasteiger partial charge in [-0.25, -0.2) is 8.42 Å². The molecule has 1 fully saturated rings. The molecule has 2 rings (SSSR count). The Bertz CT molecular complexity index is 611. The maximum absolute atomic E-state index is 12.7. The number of benzene rings is 1. The lowest BCUT2D eigenvalue weighted by Crippen LogP contribution is -2.30. The molecule has 1 aromatic carbocycles. The summed E-state index contributed by atoms with van der Waals surface area (Å²) in [4.78, 5) is 11.4. The Labute approximate surface area is 119 Å². The van der Waals surface area contributed by atoms with Crippen LogP contribution >= 0.6 is 0 Å². The molecule has 0 spiro atoms. The second kappa shape index (κ2) is 5.54. The number of sulfonamides is 1. The van der Waals surface area contributed by atoms with Crippen LogP contribution in [0.4, 0.5) is 0 Å². The van der Waals surface area contributed by atoms with Crippen LogP contribution in [0.1, 0.15) is 19.4 Å². The Hall–Kier alpha value is -1.40. The van der Waals surface area contributed by atoms with Crippen molar-refractivity contribution in [3.63, 3.8) is 0 Å². The second-order valence-electron chi connectivity index (χ2n) is 5.21. The third kappa shape index (κ3) is 2.58. The van der Waals surface area contributed by atoms with Crippen LogP contribution in [-0.2, 0) is 21.2 Å². The molecule has 1 heterocycles. The fourth-order valence-electron chi connectivity index (χ4n) is 2.63. The largest absolute Gasteiger partial charge is 0.481 e. The van der Waals surface area contributed by atoms with Gasteiger partial charge in [-0.3, -0.25) is 4.79 Å². The molecule has 2 atom stereocenters. The standard InChI is InChI=1S/C14H19NO4S/c1-3-11-6-4-5-7-13(11)20(18,19)15-8-10(2)12(9-15)14(16)17/h4-7,10,12H,3,8-9H2,1-2H3,(H,16,17)/t10-,12-/m1/s1. The van der Waals surface area contributed by atoms with E-state index in [0.717, 1.165) is 5.56 Å². The number of carbonyl (C=O) groups is 1. The highest BCUT2D eigenvalue weighted by atomic mass is 32.2. The van der Waals surface area contributed by atoms with Gasteiger partial charge >= 0.3 is 5.97 Å². The highest BCUT2D eigenvalue weighted by Gasteiger charge is 2.41. The van der Waals surface area contributed by atoms with E-state index in [1.54, 1.807) is 25.1 Å². The van der Waals surface area contributed by atoms with Crippen molar-refractivity contribution in [1.82, 2.24) is 4.31 Å². The Morgan fingerprint density at radius 3 is 2.55 bits per heavy atom. The van der Waals surface area contributed by atoms with Gasteiger partial charge in [0.1, 0.15) is 0 Å². The van der Waals surface area contributed by atoms with Crippen molar-refractivity contribution in [3.8, 4) is 0 Å². The van der Waals surface area contributed by atoms with E-state index in [2.05, 4.69) is 0 Å². The lowest BCUT2D eigenvalue weighted by Gasteiger charge is -2.18. The van der Waals surface area contributed by atoms with Crippen LogP contribution in [0.2, 0.25) is 0 Å². The predicted octanol–water partition coefficient (Wildman–Crippen LogP) is 1.59. The lowest BCUT2D eigenvalue weighted by molar-refractivity contribution is -0.142. The van der Waals surface area contributed by atoms with Crippen LogP contribution in [0.5, 0.6) is 0 Å². The number of carboxylic acids is 1. The molecule has 110 valence electrons. The molecule has 0 aromatic heterocycles. The number of hydrogen-bond donors (Lipinski definition) is 1. The number of hydrogen-bond acceptors (Lipinski definition) is 3. The molecular formula is C14H19NO4S. The molecule has 1 aliphatic heterocycles. The summed E-state index contributed by atoms with van der Waals surface area (Å²) in [5.74, 6) is -1.73. The molecule has 5 nitrogen and oxygen atoms in total. The minimum atomic E-state index is -3.61. The molecule has 0 bridgehead atoms. The molecule has 1 aromatic rings. The van der Waals surface area contributed by atoms with Gasteiger partial charge in [0.15, 0.2) is 0 Å². The fourth-order valence-corrected chi connectivity index (χ4v) is 4.49. The Balaban J connectivity index is 2.35. The Morgan fingerprint density at radius 1 is 1.35 bits per heavy atom. The molecule has 1 N–H and O–H groups in total. The molecule has 0 amide bonds. The smallest absolute Gasteiger partial charge is 0.308 e. The zero-order chi connectivity index (χ0) is 14.9. The first-order valence-electron chi connectivity index (χ1n) is 6.68. The van der Waals surface area contributed by atoms with Crippen molar-refractivity contribution in [2.75, 3.05) is 13.1 Å². The molecule has 1 aliphatic rings. The second-order valence-corrected chi connectivity index (χ2v) is 7.11. The maximum atomic E-state index is 12.7. The van der Waals surface area contributed by atoms with Gasteiger partial charge in [0, 0.05) is 13.1 Å². The van der Waals surface area contributed by atoms with E-state index in [1.165, 1.54) is 4.31 Å². The summed E-state index contributed by atoms with van der Waals surface area (Å²) in [6, 6.07) is 6.89. The van der Waals surface area contributed by atoms with Crippen LogP contribution in [0.15, 0.2) is 29.2 Å². The molecule has 20 heavy (non-hydrogen) atoms. The van der Waals surface area contributed by atoms with Gasteiger partial charge < -0.3 is 5.11 Å². The zero-order valence-corrected chi connectivity index (χ0v) is 12.4. The number of carboxylic acid groups (broad SMARTS) is 1. The molecule has 0 unspecified atom stereocenters. The summed E-state index contributed by atoms with van der Waals surface area (Å²) in [5, 5.41) is 9.12. The first-order chi connectivity index (χ1) is 9.37. The van der Waals surface area contributed by atoms with Crippen LogP contribution in [0, 0.1) is 11.8 Å². The Kier molecular flexibility index (Phi) is 4.15. The topological polar surface area (TPSA) is 74.7 Å². The average molecular weight is 297 g/mol. The number of nitrogens with zero attached hydrogens (tertiary/aromatic N) is 1. The molecule has 1 saturated heterocycles. The van der Waals surface area contributed by atoms with Gasteiger partial charge in [-0.05, 0) is 24.0 Å². The van der Waals surface area contributed by atoms with Crippen LogP contribution < -0.4 is 0 Å². The van der Waals surface area contributed by atoms with E-state index in [1.807, 2.05) is 13.0 Å². The summed E-state index contributed by atoms with van der Waals surface area (Å²) in [5.41, 5.74) is 0.763. The summed E-state index contributed by atoms with van der Waals surface area (Å²) in [7, 11) is -3.61. The van der Waals surface area contributed by atoms with E-state index in [0.29, 0.717) is 11.3 Å². The highest BCUT2D eigenvalue weighted by molar-refractivity contribution is 7.89. The minimum Gasteiger partial charge on any atom is -0.481 e. The van der Waals surface area contributed by atoms with Crippen LogP contribution in [0.25, 0.3) is 0 Å². The van der Waals surface area contributed by atoms with Gasteiger partial charge in [-0.15, -0.1) is 0 Å². The first-order valence-corrected chi connectivity index (χ1v) is 8.12. The molecule has 0 saturated carbocycles. The summed E-state index contributed by atoms with van der Waals surface area (Å²) in [6.45, 7) is 4.00. The van der Waals surface area contributed by atoms with E-state index >= 15 is 0 Å². The monoisotopic (exact) mass is 297 g/mol. The number of aliphatic carboxylic acids is 1. The summed E-state index contributed by atoms with van der Waals surface area (Å²) in [6.07, 6.45) is 0.626. The van der Waals surface area contributed by atoms with Crippen molar-refractivity contribution >= 4 is 16.0 Å². The fraction of sp³-hybridized carbons (Fsp3) is 0.500. The van der Waals surface area contributed by atoms with Gasteiger partial charge in [-0.1, -0.05) is 32.0 Å². The predicted molar refractivity (Wildman–Crippen MR) is 74.9 cm³/mol. The van der Waals surface area contributed by atoms with E-state index < -0.39 is 21.9 Å². The highest BCUT2D eigenvalue weighted by Crippen LogP contribution is 2.30. The minimum absolute atomic E-state index is 0.0525. The lowest BCUT2D eigenvalue weighted by atomic mass is 9.99. The van der Waals surface area contributed by atoms with Gasteiger partial charge in [0.05, 0.1) is 10.8 Å². The number of rotatable bonds is 4. The molecular weight excluding hydrogens is 278 g/mol. The van der Waals surface area contributed by atoms with Crippen molar-refractivity contribution in [2.45, 2.75) is 25.2 Å². The van der Waals surface area contributed by atoms with Crippen molar-refractivity contribution in [3.05, 3.63) is 29.8 Å². The normalized spacial score (nSPS) is 23.9. The van der Waals surface area contributed by atoms with Gasteiger partial charge in [-0.2, -0.15) is 4.31 Å². The van der Waals surface area contributed by atoms with E-state index in [9.17, 15) is 13.2 Å². The molecule has 0 radical (unpaired) electrons. The van der Waals surface area contributed by atoms with Crippen molar-refractivity contribution in [1.29, 1.82) is 0 Å². The first kappa shape index (κ1) is 15.0. The SMILES string of the molecule is CCc1ccccc1S(=O)(=O)N1C[C@@H](C)[C@H](C(=O)O)C1. The van der Waals surface area contributed by atoms with Crippen LogP contribution in [0.3, 0.4) is 0 Å². The molecule has 6 heteroatoms. The summed E-state index contributed by atoms with van der Waals surface area (Å²) >= 11 is 0. The molecule has 0 aliphatic carbocycles. The zero-order valence-electron chi connectivity index (χ0n) is 11.6. The van der Waals surface area contributed by atoms with Gasteiger partial charge in [0.2, 0.25) is 10.0 Å². The van der Waals surface area contributed by atoms with Crippen molar-refractivity contribution < 1.29 is 18.3 Å². The van der Waals surface area contributed by atoms with E-state index in [4.69, 9.17) is 5.11 Å². The maximum Gasteiger partial charge on any atom is 0.308 e. The van der Waals surface area contributed by atoms with Crippen LogP contribution in [-0.4, -0.2) is 36.9 Å². The van der Waals surface area contributed by atoms with Gasteiger partial charge in [0.25, 0.3) is 0 Å². The quantitative estimate of drug-likeness (QED) is 0.916. The number of aryl methyl sites for hydroxylation is 1. The average Bonchev–Trinajstić information content (AvgIpc) is 2.81. The third-order valence-electron chi connectivity index (χ3n) is 3.87. The van der Waals surface area contributed by atoms with E-state index in [-0.39, 0.29) is 19.0 Å². The summed E-state index contributed by atoms with van der Waals surface area (Å²) < 4.78 is 26.6. The van der Waals surface area contributed by atoms with Crippen molar-refractivity contribution in [2.24, 2.45) is 11.8 Å². The third-order valence-corrected chi connectivity index (χ3v) is 5.80.